The SMILES string of the molecule is CSc1ccc(CNCC2CCCS2(=O)=O)cc1. The molecule has 1 unspecified atom stereocenters. The van der Waals surface area contributed by atoms with Crippen molar-refractivity contribution in [3.63, 3.8) is 0 Å². The van der Waals surface area contributed by atoms with Gasteiger partial charge < -0.3 is 5.32 Å². The third-order valence-electron chi connectivity index (χ3n) is 3.32. The Kier molecular flexibility index (Phi) is 4.70. The molecule has 5 heteroatoms. The third kappa shape index (κ3) is 3.49. The Labute approximate surface area is 113 Å². The van der Waals surface area contributed by atoms with Crippen LogP contribution in [0.4, 0.5) is 0 Å². The summed E-state index contributed by atoms with van der Waals surface area (Å²) in [5.74, 6) is 0.363. The van der Waals surface area contributed by atoms with E-state index in [1.54, 1.807) is 11.8 Å². The molecule has 18 heavy (non-hydrogen) atoms. The number of benzene rings is 1. The summed E-state index contributed by atoms with van der Waals surface area (Å²) < 4.78 is 23.3. The second-order valence-corrected chi connectivity index (χ2v) is 7.89. The highest BCUT2D eigenvalue weighted by molar-refractivity contribution is 7.98. The van der Waals surface area contributed by atoms with Crippen molar-refractivity contribution in [2.75, 3.05) is 18.6 Å². The molecule has 0 aromatic heterocycles. The Bertz CT molecular complexity index is 482. The first-order valence-electron chi connectivity index (χ1n) is 6.17. The fraction of sp³-hybridized carbons (Fsp3) is 0.538. The normalized spacial score (nSPS) is 22.2. The van der Waals surface area contributed by atoms with E-state index in [0.29, 0.717) is 12.3 Å². The quantitative estimate of drug-likeness (QED) is 0.841. The lowest BCUT2D eigenvalue weighted by Gasteiger charge is -2.10. The largest absolute Gasteiger partial charge is 0.311 e. The van der Waals surface area contributed by atoms with Crippen molar-refractivity contribution in [1.29, 1.82) is 0 Å². The average Bonchev–Trinajstić information content (AvgIpc) is 2.70. The molecule has 1 saturated heterocycles. The molecule has 1 atom stereocenters. The first kappa shape index (κ1) is 13.9. The lowest BCUT2D eigenvalue weighted by Crippen LogP contribution is -2.30. The molecule has 1 aromatic rings. The van der Waals surface area contributed by atoms with Crippen LogP contribution in [0.3, 0.4) is 0 Å². The van der Waals surface area contributed by atoms with Crippen LogP contribution >= 0.6 is 11.8 Å². The topological polar surface area (TPSA) is 46.2 Å². The van der Waals surface area contributed by atoms with E-state index in [0.717, 1.165) is 19.4 Å². The molecule has 1 heterocycles. The Morgan fingerprint density at radius 3 is 2.61 bits per heavy atom. The van der Waals surface area contributed by atoms with E-state index < -0.39 is 9.84 Å². The van der Waals surface area contributed by atoms with E-state index in [9.17, 15) is 8.42 Å². The Morgan fingerprint density at radius 1 is 1.33 bits per heavy atom. The minimum Gasteiger partial charge on any atom is -0.311 e. The van der Waals surface area contributed by atoms with Gasteiger partial charge in [0.15, 0.2) is 9.84 Å². The van der Waals surface area contributed by atoms with E-state index in [4.69, 9.17) is 0 Å². The van der Waals surface area contributed by atoms with Crippen LogP contribution in [0.1, 0.15) is 18.4 Å². The zero-order valence-corrected chi connectivity index (χ0v) is 12.2. The zero-order valence-electron chi connectivity index (χ0n) is 10.6. The molecule has 100 valence electrons. The average molecular weight is 285 g/mol. The molecule has 1 N–H and O–H groups in total. The maximum atomic E-state index is 11.6. The molecule has 2 rings (SSSR count). The highest BCUT2D eigenvalue weighted by atomic mass is 32.2. The van der Waals surface area contributed by atoms with Crippen molar-refractivity contribution in [3.8, 4) is 0 Å². The van der Waals surface area contributed by atoms with E-state index in [-0.39, 0.29) is 5.25 Å². The van der Waals surface area contributed by atoms with E-state index in [2.05, 4.69) is 35.8 Å². The van der Waals surface area contributed by atoms with Gasteiger partial charge in [-0.1, -0.05) is 12.1 Å². The number of hydrogen-bond donors (Lipinski definition) is 1. The van der Waals surface area contributed by atoms with Gasteiger partial charge in [-0.25, -0.2) is 8.42 Å². The molecule has 0 radical (unpaired) electrons. The maximum absolute atomic E-state index is 11.6. The standard InChI is InChI=1S/C13H19NO2S2/c1-17-12-6-4-11(5-7-12)9-14-10-13-3-2-8-18(13,15)16/h4-7,13-14H,2-3,8-10H2,1H3. The van der Waals surface area contributed by atoms with Gasteiger partial charge in [-0.05, 0) is 36.8 Å². The number of sulfone groups is 1. The summed E-state index contributed by atoms with van der Waals surface area (Å²) in [6.07, 6.45) is 3.68. The van der Waals surface area contributed by atoms with Crippen LogP contribution < -0.4 is 5.32 Å². The van der Waals surface area contributed by atoms with Crippen LogP contribution in [-0.4, -0.2) is 32.2 Å². The third-order valence-corrected chi connectivity index (χ3v) is 6.34. The molecule has 1 aromatic carbocycles. The van der Waals surface area contributed by atoms with Gasteiger partial charge >= 0.3 is 0 Å². The van der Waals surface area contributed by atoms with Crippen LogP contribution in [0.25, 0.3) is 0 Å². The first-order chi connectivity index (χ1) is 8.62. The van der Waals surface area contributed by atoms with Crippen molar-refractivity contribution >= 4 is 21.6 Å². The molecule has 1 aliphatic rings. The van der Waals surface area contributed by atoms with Crippen LogP contribution in [0, 0.1) is 0 Å². The van der Waals surface area contributed by atoms with E-state index >= 15 is 0 Å². The van der Waals surface area contributed by atoms with Crippen LogP contribution in [0.2, 0.25) is 0 Å². The van der Waals surface area contributed by atoms with Crippen molar-refractivity contribution in [2.45, 2.75) is 29.5 Å². The summed E-state index contributed by atoms with van der Waals surface area (Å²) in [6, 6.07) is 8.35. The van der Waals surface area contributed by atoms with Gasteiger partial charge in [-0.3, -0.25) is 0 Å². The summed E-state index contributed by atoms with van der Waals surface area (Å²) in [5, 5.41) is 3.07. The summed E-state index contributed by atoms with van der Waals surface area (Å²) in [4.78, 5) is 1.25. The van der Waals surface area contributed by atoms with Crippen molar-refractivity contribution in [3.05, 3.63) is 29.8 Å². The Morgan fingerprint density at radius 2 is 2.06 bits per heavy atom. The van der Waals surface area contributed by atoms with Gasteiger partial charge in [0.25, 0.3) is 0 Å². The van der Waals surface area contributed by atoms with Gasteiger partial charge in [-0.15, -0.1) is 11.8 Å². The Hall–Kier alpha value is -0.520. The number of hydrogen-bond acceptors (Lipinski definition) is 4. The number of nitrogens with one attached hydrogen (secondary N) is 1. The molecule has 0 saturated carbocycles. The van der Waals surface area contributed by atoms with E-state index in [1.807, 2.05) is 0 Å². The maximum Gasteiger partial charge on any atom is 0.154 e. The molecular weight excluding hydrogens is 266 g/mol. The van der Waals surface area contributed by atoms with Crippen molar-refractivity contribution in [1.82, 2.24) is 5.32 Å². The monoisotopic (exact) mass is 285 g/mol. The first-order valence-corrected chi connectivity index (χ1v) is 9.11. The Balaban J connectivity index is 1.81. The van der Waals surface area contributed by atoms with Gasteiger partial charge in [0.1, 0.15) is 0 Å². The number of rotatable bonds is 5. The van der Waals surface area contributed by atoms with Crippen LogP contribution in [0.15, 0.2) is 29.2 Å². The predicted octanol–water partition coefficient (Wildman–Crippen LogP) is 2.08. The molecule has 1 aliphatic heterocycles. The minimum atomic E-state index is -2.82. The summed E-state index contributed by atoms with van der Waals surface area (Å²) >= 11 is 1.72. The molecule has 0 bridgehead atoms. The lowest BCUT2D eigenvalue weighted by atomic mass is 10.2. The van der Waals surface area contributed by atoms with E-state index in [1.165, 1.54) is 10.5 Å². The van der Waals surface area contributed by atoms with Crippen molar-refractivity contribution in [2.24, 2.45) is 0 Å². The molecule has 0 amide bonds. The zero-order chi connectivity index (χ0) is 13.0. The highest BCUT2D eigenvalue weighted by Crippen LogP contribution is 2.19. The molecule has 0 aliphatic carbocycles. The van der Waals surface area contributed by atoms with Crippen LogP contribution in [-0.2, 0) is 16.4 Å². The number of thioether (sulfide) groups is 1. The fourth-order valence-corrected chi connectivity index (χ4v) is 4.42. The molecular formula is C13H19NO2S2. The summed E-state index contributed by atoms with van der Waals surface area (Å²) in [7, 11) is -2.82. The molecule has 3 nitrogen and oxygen atoms in total. The van der Waals surface area contributed by atoms with Crippen molar-refractivity contribution < 1.29 is 8.42 Å². The lowest BCUT2D eigenvalue weighted by molar-refractivity contribution is 0.574. The minimum absolute atomic E-state index is 0.178. The van der Waals surface area contributed by atoms with Gasteiger partial charge in [0.2, 0.25) is 0 Å². The highest BCUT2D eigenvalue weighted by Gasteiger charge is 2.30. The second kappa shape index (κ2) is 6.08. The van der Waals surface area contributed by atoms with Gasteiger partial charge in [-0.2, -0.15) is 0 Å². The summed E-state index contributed by atoms with van der Waals surface area (Å²) in [6.45, 7) is 1.31. The second-order valence-electron chi connectivity index (χ2n) is 4.61. The predicted molar refractivity (Wildman–Crippen MR) is 76.7 cm³/mol. The fourth-order valence-electron chi connectivity index (χ4n) is 2.21. The smallest absolute Gasteiger partial charge is 0.154 e. The van der Waals surface area contributed by atoms with Gasteiger partial charge in [0.05, 0.1) is 11.0 Å². The summed E-state index contributed by atoms with van der Waals surface area (Å²) in [5.41, 5.74) is 1.20. The molecule has 1 fully saturated rings. The van der Waals surface area contributed by atoms with Gasteiger partial charge in [0, 0.05) is 18.0 Å². The van der Waals surface area contributed by atoms with Crippen LogP contribution in [0.5, 0.6) is 0 Å². The molecule has 0 spiro atoms.